The van der Waals surface area contributed by atoms with Crippen LogP contribution in [0.5, 0.6) is 0 Å². The molecule has 3 rings (SSSR count). The van der Waals surface area contributed by atoms with Crippen LogP contribution in [0.4, 0.5) is 4.79 Å². The van der Waals surface area contributed by atoms with Gasteiger partial charge in [-0.3, -0.25) is 4.98 Å². The molecule has 0 atom stereocenters. The van der Waals surface area contributed by atoms with Gasteiger partial charge >= 0.3 is 6.09 Å². The van der Waals surface area contributed by atoms with Crippen molar-refractivity contribution < 1.29 is 9.90 Å². The summed E-state index contributed by atoms with van der Waals surface area (Å²) in [7, 11) is 0. The number of imidazole rings is 1. The molecule has 0 saturated heterocycles. The third kappa shape index (κ3) is 3.46. The van der Waals surface area contributed by atoms with Crippen LogP contribution in [0, 0.1) is 0 Å². The molecule has 138 valence electrons. The van der Waals surface area contributed by atoms with Gasteiger partial charge in [0, 0.05) is 24.0 Å². The van der Waals surface area contributed by atoms with E-state index in [2.05, 4.69) is 14.5 Å². The average molecular weight is 375 g/mol. The van der Waals surface area contributed by atoms with Crippen molar-refractivity contribution in [2.24, 2.45) is 0 Å². The highest BCUT2D eigenvalue weighted by atomic mass is 35.5. The molecule has 7 heteroatoms. The summed E-state index contributed by atoms with van der Waals surface area (Å²) in [5, 5.41) is 10.5. The predicted molar refractivity (Wildman–Crippen MR) is 104 cm³/mol. The molecule has 2 heterocycles. The SMILES string of the molecule is CC(C)(C)N(CCCn1c(CCl)nc2cnc3ccccc3c21)C(=O)O. The summed E-state index contributed by atoms with van der Waals surface area (Å²) in [6.07, 6.45) is 1.54. The van der Waals surface area contributed by atoms with Gasteiger partial charge < -0.3 is 14.6 Å². The highest BCUT2D eigenvalue weighted by molar-refractivity contribution is 6.17. The third-order valence-corrected chi connectivity index (χ3v) is 4.72. The van der Waals surface area contributed by atoms with E-state index in [1.54, 1.807) is 6.20 Å². The first-order valence-corrected chi connectivity index (χ1v) is 9.15. The fraction of sp³-hybridized carbons (Fsp3) is 0.421. The second kappa shape index (κ2) is 7.11. The molecule has 0 fully saturated rings. The van der Waals surface area contributed by atoms with Gasteiger partial charge in [0.25, 0.3) is 0 Å². The number of fused-ring (bicyclic) bond motifs is 3. The maximum atomic E-state index is 11.5. The van der Waals surface area contributed by atoms with Crippen LogP contribution in [0.3, 0.4) is 0 Å². The highest BCUT2D eigenvalue weighted by Crippen LogP contribution is 2.26. The molecule has 1 N–H and O–H groups in total. The van der Waals surface area contributed by atoms with Gasteiger partial charge in [0.2, 0.25) is 0 Å². The van der Waals surface area contributed by atoms with Gasteiger partial charge in [-0.25, -0.2) is 9.78 Å². The highest BCUT2D eigenvalue weighted by Gasteiger charge is 2.25. The number of nitrogens with zero attached hydrogens (tertiary/aromatic N) is 4. The molecule has 6 nitrogen and oxygen atoms in total. The molecule has 0 aliphatic rings. The Hall–Kier alpha value is -2.34. The van der Waals surface area contributed by atoms with Gasteiger partial charge in [0.1, 0.15) is 11.3 Å². The van der Waals surface area contributed by atoms with E-state index in [9.17, 15) is 9.90 Å². The van der Waals surface area contributed by atoms with E-state index in [-0.39, 0.29) is 0 Å². The van der Waals surface area contributed by atoms with E-state index < -0.39 is 11.6 Å². The molecule has 1 amide bonds. The van der Waals surface area contributed by atoms with Crippen molar-refractivity contribution >= 4 is 39.6 Å². The fourth-order valence-corrected chi connectivity index (χ4v) is 3.46. The number of halogens is 1. The van der Waals surface area contributed by atoms with Crippen LogP contribution < -0.4 is 0 Å². The minimum atomic E-state index is -0.903. The van der Waals surface area contributed by atoms with E-state index in [0.29, 0.717) is 25.4 Å². The van der Waals surface area contributed by atoms with Gasteiger partial charge in [0.05, 0.1) is 23.1 Å². The average Bonchev–Trinajstić information content (AvgIpc) is 2.95. The van der Waals surface area contributed by atoms with Gasteiger partial charge in [-0.2, -0.15) is 0 Å². The zero-order valence-electron chi connectivity index (χ0n) is 15.2. The Balaban J connectivity index is 1.94. The smallest absolute Gasteiger partial charge is 0.407 e. The molecule has 0 spiro atoms. The van der Waals surface area contributed by atoms with E-state index in [1.165, 1.54) is 4.90 Å². The minimum Gasteiger partial charge on any atom is -0.465 e. The molecule has 1 aromatic carbocycles. The molecule has 0 saturated carbocycles. The summed E-state index contributed by atoms with van der Waals surface area (Å²) in [5.74, 6) is 1.07. The standard InChI is InChI=1S/C19H23ClN4O2/c1-19(2,3)24(18(25)26)10-6-9-23-16(11-20)22-15-12-21-14-8-5-4-7-13(14)17(15)23/h4-5,7-8,12H,6,9-11H2,1-3H3,(H,25,26). The maximum Gasteiger partial charge on any atom is 0.407 e. The Morgan fingerprint density at radius 2 is 2.00 bits per heavy atom. The predicted octanol–water partition coefficient (Wildman–Crippen LogP) is 4.49. The summed E-state index contributed by atoms with van der Waals surface area (Å²) in [5.41, 5.74) is 2.28. The van der Waals surface area contributed by atoms with E-state index in [4.69, 9.17) is 11.6 Å². The molecule has 0 unspecified atom stereocenters. The van der Waals surface area contributed by atoms with Gasteiger partial charge in [-0.05, 0) is 33.3 Å². The van der Waals surface area contributed by atoms with Crippen molar-refractivity contribution in [1.29, 1.82) is 0 Å². The topological polar surface area (TPSA) is 71.2 Å². The first kappa shape index (κ1) is 18.5. The number of benzene rings is 1. The summed E-state index contributed by atoms with van der Waals surface area (Å²) in [4.78, 5) is 22.0. The lowest BCUT2D eigenvalue weighted by Gasteiger charge is -2.33. The van der Waals surface area contributed by atoms with Crippen LogP contribution >= 0.6 is 11.6 Å². The Bertz CT molecular complexity index is 946. The molecule has 0 aliphatic heterocycles. The number of carboxylic acid groups (broad SMARTS) is 1. The summed E-state index contributed by atoms with van der Waals surface area (Å²) in [6.45, 7) is 6.79. The van der Waals surface area contributed by atoms with Crippen LogP contribution in [0.2, 0.25) is 0 Å². The lowest BCUT2D eigenvalue weighted by atomic mass is 10.1. The second-order valence-corrected chi connectivity index (χ2v) is 7.55. The quantitative estimate of drug-likeness (QED) is 0.668. The molecular weight excluding hydrogens is 352 g/mol. The molecule has 0 bridgehead atoms. The largest absolute Gasteiger partial charge is 0.465 e. The molecule has 3 aromatic rings. The normalized spacial score (nSPS) is 12.0. The van der Waals surface area contributed by atoms with Crippen LogP contribution in [0.15, 0.2) is 30.5 Å². The second-order valence-electron chi connectivity index (χ2n) is 7.28. The Morgan fingerprint density at radius 1 is 1.27 bits per heavy atom. The maximum absolute atomic E-state index is 11.5. The van der Waals surface area contributed by atoms with E-state index in [0.717, 1.165) is 27.8 Å². The van der Waals surface area contributed by atoms with Crippen molar-refractivity contribution in [2.75, 3.05) is 6.54 Å². The number of aromatic nitrogens is 3. The monoisotopic (exact) mass is 374 g/mol. The van der Waals surface area contributed by atoms with Crippen molar-refractivity contribution in [3.63, 3.8) is 0 Å². The van der Waals surface area contributed by atoms with Gasteiger partial charge in [0.15, 0.2) is 0 Å². The number of pyridine rings is 1. The summed E-state index contributed by atoms with van der Waals surface area (Å²) >= 11 is 6.11. The number of hydrogen-bond donors (Lipinski definition) is 1. The summed E-state index contributed by atoms with van der Waals surface area (Å²) < 4.78 is 2.09. The van der Waals surface area contributed by atoms with Crippen LogP contribution in [-0.4, -0.2) is 42.7 Å². The van der Waals surface area contributed by atoms with Crippen LogP contribution in [-0.2, 0) is 12.4 Å². The van der Waals surface area contributed by atoms with E-state index in [1.807, 2.05) is 45.0 Å². The molecule has 0 radical (unpaired) electrons. The molecule has 2 aromatic heterocycles. The Kier molecular flexibility index (Phi) is 5.05. The number of rotatable bonds is 5. The van der Waals surface area contributed by atoms with Crippen molar-refractivity contribution in [3.05, 3.63) is 36.3 Å². The zero-order valence-corrected chi connectivity index (χ0v) is 16.0. The van der Waals surface area contributed by atoms with Gasteiger partial charge in [-0.1, -0.05) is 18.2 Å². The number of aryl methyl sites for hydroxylation is 1. The Morgan fingerprint density at radius 3 is 2.65 bits per heavy atom. The lowest BCUT2D eigenvalue weighted by Crippen LogP contribution is -2.45. The third-order valence-electron chi connectivity index (χ3n) is 4.48. The number of alkyl halides is 1. The minimum absolute atomic E-state index is 0.297. The number of hydrogen-bond acceptors (Lipinski definition) is 3. The fourth-order valence-electron chi connectivity index (χ4n) is 3.26. The zero-order chi connectivity index (χ0) is 18.9. The van der Waals surface area contributed by atoms with E-state index >= 15 is 0 Å². The van der Waals surface area contributed by atoms with Crippen LogP contribution in [0.25, 0.3) is 21.9 Å². The van der Waals surface area contributed by atoms with Crippen molar-refractivity contribution in [3.8, 4) is 0 Å². The first-order valence-electron chi connectivity index (χ1n) is 8.62. The molecular formula is C19H23ClN4O2. The molecule has 26 heavy (non-hydrogen) atoms. The molecule has 0 aliphatic carbocycles. The van der Waals surface area contributed by atoms with Gasteiger partial charge in [-0.15, -0.1) is 11.6 Å². The number of carbonyl (C=O) groups is 1. The van der Waals surface area contributed by atoms with Crippen molar-refractivity contribution in [1.82, 2.24) is 19.4 Å². The number of para-hydroxylation sites is 1. The first-order chi connectivity index (χ1) is 12.3. The van der Waals surface area contributed by atoms with Crippen LogP contribution in [0.1, 0.15) is 33.0 Å². The summed E-state index contributed by atoms with van der Waals surface area (Å²) in [6, 6.07) is 7.93. The number of amides is 1. The van der Waals surface area contributed by atoms with Crippen molar-refractivity contribution in [2.45, 2.75) is 45.2 Å². The Labute approximate surface area is 157 Å². The lowest BCUT2D eigenvalue weighted by molar-refractivity contribution is 0.0987.